The van der Waals surface area contributed by atoms with Crippen LogP contribution in [0.5, 0.6) is 11.5 Å². The maximum atomic E-state index is 13.5. The van der Waals surface area contributed by atoms with Gasteiger partial charge in [-0.2, -0.15) is 13.2 Å². The van der Waals surface area contributed by atoms with E-state index >= 15 is 0 Å². The Hall–Kier alpha value is -3.85. The van der Waals surface area contributed by atoms with E-state index in [0.29, 0.717) is 38.2 Å². The van der Waals surface area contributed by atoms with Crippen LogP contribution < -0.4 is 9.47 Å². The Morgan fingerprint density at radius 1 is 0.569 bits per heavy atom. The molecule has 3 aromatic rings. The van der Waals surface area contributed by atoms with Gasteiger partial charge in [-0.15, -0.1) is 0 Å². The lowest BCUT2D eigenvalue weighted by Crippen LogP contribution is -2.33. The second-order valence-electron chi connectivity index (χ2n) is 12.9. The van der Waals surface area contributed by atoms with Gasteiger partial charge in [0, 0.05) is 13.2 Å². The average molecular weight is 713 g/mol. The number of carbonyl (C=O) groups excluding carboxylic acids is 2. The van der Waals surface area contributed by atoms with Gasteiger partial charge in [-0.05, 0) is 92.3 Å². The molecule has 0 saturated heterocycles. The van der Waals surface area contributed by atoms with Gasteiger partial charge < -0.3 is 18.9 Å². The van der Waals surface area contributed by atoms with E-state index in [1.807, 2.05) is 43.3 Å². The Balaban J connectivity index is 1.39. The molecule has 0 amide bonds. The van der Waals surface area contributed by atoms with Crippen LogP contribution in [-0.2, 0) is 9.47 Å². The lowest BCUT2D eigenvalue weighted by molar-refractivity contribution is -0.206. The first-order chi connectivity index (χ1) is 24.7. The van der Waals surface area contributed by atoms with Gasteiger partial charge in [0.25, 0.3) is 0 Å². The van der Waals surface area contributed by atoms with Crippen LogP contribution in [0, 0.1) is 0 Å². The molecule has 0 heterocycles. The Bertz CT molecular complexity index is 1390. The third-order valence-electron chi connectivity index (χ3n) is 8.70. The van der Waals surface area contributed by atoms with Crippen molar-refractivity contribution in [3.8, 4) is 22.6 Å². The molecular formula is C42H55F3O6. The maximum absolute atomic E-state index is 13.5. The number of rotatable bonds is 25. The van der Waals surface area contributed by atoms with Gasteiger partial charge in [0.1, 0.15) is 11.5 Å². The summed E-state index contributed by atoms with van der Waals surface area (Å²) in [6.07, 6.45) is 8.49. The maximum Gasteiger partial charge on any atom is 0.425 e. The summed E-state index contributed by atoms with van der Waals surface area (Å²) in [4.78, 5) is 25.2. The zero-order valence-corrected chi connectivity index (χ0v) is 30.3. The summed E-state index contributed by atoms with van der Waals surface area (Å²) in [5.74, 6) is -0.728. The minimum absolute atomic E-state index is 0.0738. The SMILES string of the molecule is CCCCCCCCCCCCCOc1ccc(-c2ccc(C(=O)Oc3ccc(C(=O)O[C@H](CCCCCOCC)C(F)(F)F)cc3)cc2)cc1. The van der Waals surface area contributed by atoms with Crippen molar-refractivity contribution in [2.45, 2.75) is 122 Å². The molecule has 0 saturated carbocycles. The number of halogens is 3. The molecule has 0 aliphatic rings. The summed E-state index contributed by atoms with van der Waals surface area (Å²) in [6.45, 7) is 5.85. The number of hydrogen-bond acceptors (Lipinski definition) is 6. The molecule has 51 heavy (non-hydrogen) atoms. The van der Waals surface area contributed by atoms with E-state index in [4.69, 9.17) is 18.9 Å². The summed E-state index contributed by atoms with van der Waals surface area (Å²) in [6, 6.07) is 20.1. The molecule has 9 heteroatoms. The topological polar surface area (TPSA) is 71.1 Å². The van der Waals surface area contributed by atoms with Crippen molar-refractivity contribution in [2.75, 3.05) is 19.8 Å². The first-order valence-corrected chi connectivity index (χ1v) is 18.7. The van der Waals surface area contributed by atoms with E-state index in [2.05, 4.69) is 6.92 Å². The zero-order chi connectivity index (χ0) is 36.7. The van der Waals surface area contributed by atoms with Crippen LogP contribution in [0.25, 0.3) is 11.1 Å². The molecule has 280 valence electrons. The molecule has 0 bridgehead atoms. The van der Waals surface area contributed by atoms with Crippen molar-refractivity contribution in [3.05, 3.63) is 83.9 Å². The fourth-order valence-electron chi connectivity index (χ4n) is 5.67. The van der Waals surface area contributed by atoms with Crippen LogP contribution in [0.4, 0.5) is 13.2 Å². The Labute approximate surface area is 302 Å². The molecule has 3 aromatic carbocycles. The van der Waals surface area contributed by atoms with Crippen LogP contribution in [0.15, 0.2) is 72.8 Å². The smallest absolute Gasteiger partial charge is 0.425 e. The normalized spacial score (nSPS) is 12.0. The highest BCUT2D eigenvalue weighted by Crippen LogP contribution is 2.29. The van der Waals surface area contributed by atoms with Crippen LogP contribution in [0.1, 0.15) is 131 Å². The Morgan fingerprint density at radius 2 is 1.04 bits per heavy atom. The van der Waals surface area contributed by atoms with E-state index in [1.165, 1.54) is 88.5 Å². The molecule has 6 nitrogen and oxygen atoms in total. The van der Waals surface area contributed by atoms with Crippen molar-refractivity contribution < 1.29 is 41.7 Å². The van der Waals surface area contributed by atoms with Crippen LogP contribution in [0.2, 0.25) is 0 Å². The molecule has 0 aromatic heterocycles. The second kappa shape index (κ2) is 23.6. The highest BCUT2D eigenvalue weighted by Gasteiger charge is 2.42. The third kappa shape index (κ3) is 16.4. The van der Waals surface area contributed by atoms with Crippen molar-refractivity contribution in [1.29, 1.82) is 0 Å². The fourth-order valence-corrected chi connectivity index (χ4v) is 5.67. The van der Waals surface area contributed by atoms with Crippen molar-refractivity contribution in [2.24, 2.45) is 0 Å². The first-order valence-electron chi connectivity index (χ1n) is 18.7. The molecule has 1 atom stereocenters. The zero-order valence-electron chi connectivity index (χ0n) is 30.3. The molecule has 0 aliphatic heterocycles. The van der Waals surface area contributed by atoms with Crippen LogP contribution >= 0.6 is 0 Å². The summed E-state index contributed by atoms with van der Waals surface area (Å²) in [5.41, 5.74) is 2.15. The lowest BCUT2D eigenvalue weighted by atomic mass is 10.0. The van der Waals surface area contributed by atoms with Gasteiger partial charge >= 0.3 is 18.1 Å². The third-order valence-corrected chi connectivity index (χ3v) is 8.70. The fraction of sp³-hybridized carbons (Fsp3) is 0.524. The van der Waals surface area contributed by atoms with Crippen molar-refractivity contribution in [1.82, 2.24) is 0 Å². The number of ether oxygens (including phenoxy) is 4. The van der Waals surface area contributed by atoms with Crippen LogP contribution in [-0.4, -0.2) is 44.0 Å². The number of unbranched alkanes of at least 4 members (excludes halogenated alkanes) is 12. The number of alkyl halides is 3. The first kappa shape index (κ1) is 41.6. The molecule has 3 rings (SSSR count). The van der Waals surface area contributed by atoms with E-state index in [-0.39, 0.29) is 24.2 Å². The Morgan fingerprint density at radius 3 is 1.61 bits per heavy atom. The summed E-state index contributed by atoms with van der Waals surface area (Å²) < 4.78 is 61.8. The summed E-state index contributed by atoms with van der Waals surface area (Å²) in [7, 11) is 0. The van der Waals surface area contributed by atoms with E-state index in [9.17, 15) is 22.8 Å². The van der Waals surface area contributed by atoms with Gasteiger partial charge in [-0.3, -0.25) is 0 Å². The van der Waals surface area contributed by atoms with Gasteiger partial charge in [0.2, 0.25) is 0 Å². The number of benzene rings is 3. The molecule has 0 aliphatic carbocycles. The average Bonchev–Trinajstić information content (AvgIpc) is 3.13. The van der Waals surface area contributed by atoms with Crippen molar-refractivity contribution in [3.63, 3.8) is 0 Å². The monoisotopic (exact) mass is 712 g/mol. The highest BCUT2D eigenvalue weighted by atomic mass is 19.4. The van der Waals surface area contributed by atoms with Gasteiger partial charge in [0.05, 0.1) is 17.7 Å². The predicted molar refractivity (Wildman–Crippen MR) is 195 cm³/mol. The highest BCUT2D eigenvalue weighted by molar-refractivity contribution is 5.92. The summed E-state index contributed by atoms with van der Waals surface area (Å²) in [5, 5.41) is 0. The minimum Gasteiger partial charge on any atom is -0.494 e. The van der Waals surface area contributed by atoms with Gasteiger partial charge in [-0.1, -0.05) is 102 Å². The van der Waals surface area contributed by atoms with E-state index in [0.717, 1.165) is 23.3 Å². The van der Waals surface area contributed by atoms with E-state index in [1.54, 1.807) is 12.1 Å². The second-order valence-corrected chi connectivity index (χ2v) is 12.9. The predicted octanol–water partition coefficient (Wildman–Crippen LogP) is 11.9. The quantitative estimate of drug-likeness (QED) is 0.0495. The summed E-state index contributed by atoms with van der Waals surface area (Å²) >= 11 is 0. The molecule has 0 radical (unpaired) electrons. The molecule has 0 N–H and O–H groups in total. The van der Waals surface area contributed by atoms with Gasteiger partial charge in [0.15, 0.2) is 6.10 Å². The lowest BCUT2D eigenvalue weighted by Gasteiger charge is -2.20. The molecule has 0 unspecified atom stereocenters. The number of carbonyl (C=O) groups is 2. The molecular weight excluding hydrogens is 657 g/mol. The largest absolute Gasteiger partial charge is 0.494 e. The van der Waals surface area contributed by atoms with E-state index < -0.39 is 24.2 Å². The van der Waals surface area contributed by atoms with Crippen LogP contribution in [0.3, 0.4) is 0 Å². The number of hydrogen-bond donors (Lipinski definition) is 0. The standard InChI is InChI=1S/C42H55F3O6/c1-3-5-6-7-8-9-10-11-12-13-17-32-49-37-27-23-34(24-28-37)33-19-21-35(22-20-33)40(46)50-38-29-25-36(26-30-38)41(47)51-39(42(43,44)45)18-15-14-16-31-48-4-2/h19-30,39H,3-18,31-32H2,1-2H3/t39-/m1/s1. The Kier molecular flexibility index (Phi) is 19.2. The minimum atomic E-state index is -4.68. The molecule has 0 spiro atoms. The van der Waals surface area contributed by atoms with Crippen molar-refractivity contribution >= 4 is 11.9 Å². The van der Waals surface area contributed by atoms with Gasteiger partial charge in [-0.25, -0.2) is 9.59 Å². The molecule has 0 fully saturated rings. The number of esters is 2.